The van der Waals surface area contributed by atoms with E-state index in [0.717, 1.165) is 0 Å². The molecule has 0 fully saturated rings. The minimum Gasteiger partial charge on any atom is -0.402 e. The first-order chi connectivity index (χ1) is 6.93. The van der Waals surface area contributed by atoms with Crippen molar-refractivity contribution in [2.24, 2.45) is 0 Å². The summed E-state index contributed by atoms with van der Waals surface area (Å²) in [6.45, 7) is 0. The lowest BCUT2D eigenvalue weighted by Gasteiger charge is -1.69. The van der Waals surface area contributed by atoms with Crippen LogP contribution in [0.3, 0.4) is 0 Å². The predicted molar refractivity (Wildman–Crippen MR) is 60.0 cm³/mol. The Morgan fingerprint density at radius 2 is 0.294 bits per heavy atom. The molecule has 17 heteroatoms. The van der Waals surface area contributed by atoms with Crippen LogP contribution in [0.1, 0.15) is 0 Å². The van der Waals surface area contributed by atoms with Crippen molar-refractivity contribution in [1.29, 1.82) is 0 Å². The first kappa shape index (κ1) is 30.3. The molecular formula is H14B4O12S. The van der Waals surface area contributed by atoms with E-state index >= 15 is 0 Å². The van der Waals surface area contributed by atoms with E-state index in [-0.39, 0.29) is 13.5 Å². The molecule has 0 aliphatic carbocycles. The average molecular weight is 281 g/mol. The van der Waals surface area contributed by atoms with Crippen LogP contribution in [0.15, 0.2) is 0 Å². The summed E-state index contributed by atoms with van der Waals surface area (Å²) in [5.74, 6) is 0. The summed E-state index contributed by atoms with van der Waals surface area (Å²) in [6.07, 6.45) is 0. The first-order valence-electron chi connectivity index (χ1n) is 3.10. The van der Waals surface area contributed by atoms with Crippen LogP contribution in [0, 0.1) is 0 Å². The average Bonchev–Trinajstić information content (AvgIpc) is 1.76. The maximum absolute atomic E-state index is 7.17. The lowest BCUT2D eigenvalue weighted by atomic mass is 10.3. The highest BCUT2D eigenvalue weighted by molar-refractivity contribution is 7.59. The molecule has 0 radical (unpaired) electrons. The normalized spacial score (nSPS) is 6.35. The Balaban J connectivity index is -0.0000000369. The summed E-state index contributed by atoms with van der Waals surface area (Å²) in [6, 6.07) is 0. The summed E-state index contributed by atoms with van der Waals surface area (Å²) in [5, 5.41) is 86.0. The Bertz CT molecular complexity index is 61.5. The van der Waals surface area contributed by atoms with Crippen molar-refractivity contribution < 1.29 is 60.3 Å². The van der Waals surface area contributed by atoms with Gasteiger partial charge in [-0.3, -0.25) is 0 Å². The van der Waals surface area contributed by atoms with Gasteiger partial charge in [-0.15, -0.1) is 0 Å². The van der Waals surface area contributed by atoms with Gasteiger partial charge in [-0.05, 0) is 0 Å². The van der Waals surface area contributed by atoms with Gasteiger partial charge in [0.05, 0.1) is 0 Å². The number of hydrogen-bond acceptors (Lipinski definition) is 12. The maximum Gasteiger partial charge on any atom is 0.631 e. The number of rotatable bonds is 0. The molecule has 0 rings (SSSR count). The molecule has 0 bridgehead atoms. The molecule has 0 aromatic heterocycles. The summed E-state index contributed by atoms with van der Waals surface area (Å²) in [7, 11) is -8.67. The third-order valence-corrected chi connectivity index (χ3v) is 0. The van der Waals surface area contributed by atoms with Crippen LogP contribution in [0.4, 0.5) is 0 Å². The Labute approximate surface area is 104 Å². The first-order valence-corrected chi connectivity index (χ1v) is 3.10. The topological polar surface area (TPSA) is 243 Å². The van der Waals surface area contributed by atoms with Gasteiger partial charge in [0.15, 0.2) is 0 Å². The van der Waals surface area contributed by atoms with Crippen LogP contribution in [-0.2, 0) is 0 Å². The highest BCUT2D eigenvalue weighted by Gasteiger charge is 1.93. The van der Waals surface area contributed by atoms with Crippen LogP contribution >= 0.6 is 13.5 Å². The highest BCUT2D eigenvalue weighted by Crippen LogP contribution is 1.41. The molecule has 12 nitrogen and oxygen atoms in total. The van der Waals surface area contributed by atoms with Crippen LogP contribution in [0.5, 0.6) is 0 Å². The Morgan fingerprint density at radius 1 is 0.294 bits per heavy atom. The molecule has 0 saturated heterocycles. The van der Waals surface area contributed by atoms with Crippen molar-refractivity contribution in [3.63, 3.8) is 0 Å². The van der Waals surface area contributed by atoms with Gasteiger partial charge < -0.3 is 60.3 Å². The molecule has 0 saturated carbocycles. The van der Waals surface area contributed by atoms with Crippen LogP contribution in [0.25, 0.3) is 0 Å². The van der Waals surface area contributed by atoms with Crippen LogP contribution in [0.2, 0.25) is 0 Å². The minimum atomic E-state index is -2.17. The second kappa shape index (κ2) is 25.1. The monoisotopic (exact) mass is 282 g/mol. The van der Waals surface area contributed by atoms with E-state index in [0.29, 0.717) is 0 Å². The molecule has 0 atom stereocenters. The van der Waals surface area contributed by atoms with Crippen LogP contribution < -0.4 is 0 Å². The molecule has 0 aromatic rings. The van der Waals surface area contributed by atoms with Crippen molar-refractivity contribution in [2.45, 2.75) is 0 Å². The van der Waals surface area contributed by atoms with Gasteiger partial charge in [-0.2, -0.15) is 13.5 Å². The van der Waals surface area contributed by atoms with E-state index in [9.17, 15) is 0 Å². The molecule has 0 aliphatic heterocycles. The second-order valence-electron chi connectivity index (χ2n) is 1.39. The lowest BCUT2D eigenvalue weighted by molar-refractivity contribution is 0.276. The zero-order chi connectivity index (χ0) is 14.3. The van der Waals surface area contributed by atoms with Gasteiger partial charge in [0.2, 0.25) is 0 Å². The summed E-state index contributed by atoms with van der Waals surface area (Å²) in [5.41, 5.74) is 0. The summed E-state index contributed by atoms with van der Waals surface area (Å²) >= 11 is 0. The van der Waals surface area contributed by atoms with Gasteiger partial charge in [0.1, 0.15) is 0 Å². The fourth-order valence-electron chi connectivity index (χ4n) is 0. The van der Waals surface area contributed by atoms with Crippen molar-refractivity contribution in [1.82, 2.24) is 0 Å². The fraction of sp³-hybridized carbons (Fsp3) is 0. The predicted octanol–water partition coefficient (Wildman–Crippen LogP) is -8.09. The van der Waals surface area contributed by atoms with Gasteiger partial charge in [-0.25, -0.2) is 0 Å². The molecule has 0 heterocycles. The minimum absolute atomic E-state index is 0. The third kappa shape index (κ3) is 191000. The van der Waals surface area contributed by atoms with Gasteiger partial charge in [0.25, 0.3) is 0 Å². The fourth-order valence-corrected chi connectivity index (χ4v) is 0. The van der Waals surface area contributed by atoms with E-state index < -0.39 is 29.3 Å². The molecule has 0 aliphatic rings. The van der Waals surface area contributed by atoms with Crippen molar-refractivity contribution >= 4 is 42.8 Å². The van der Waals surface area contributed by atoms with E-state index in [1.807, 2.05) is 0 Å². The Kier molecular flexibility index (Phi) is 44.7. The Hall–Kier alpha value is 0.130. The molecule has 0 amide bonds. The molecular weight excluding hydrogens is 267 g/mol. The largest absolute Gasteiger partial charge is 0.631 e. The highest BCUT2D eigenvalue weighted by atomic mass is 32.1. The van der Waals surface area contributed by atoms with Gasteiger partial charge in [-0.1, -0.05) is 0 Å². The SMILES string of the molecule is OB(O)O.OB(O)O.OB(O)O.OB(O)O.S. The van der Waals surface area contributed by atoms with Crippen molar-refractivity contribution in [2.75, 3.05) is 0 Å². The van der Waals surface area contributed by atoms with Gasteiger partial charge in [0, 0.05) is 0 Å². The lowest BCUT2D eigenvalue weighted by Crippen LogP contribution is -2.07. The zero-order valence-corrected chi connectivity index (χ0v) is 9.18. The van der Waals surface area contributed by atoms with Crippen molar-refractivity contribution in [3.8, 4) is 0 Å². The second-order valence-corrected chi connectivity index (χ2v) is 1.39. The molecule has 0 aromatic carbocycles. The van der Waals surface area contributed by atoms with Gasteiger partial charge >= 0.3 is 29.3 Å². The van der Waals surface area contributed by atoms with E-state index in [1.54, 1.807) is 0 Å². The van der Waals surface area contributed by atoms with Crippen molar-refractivity contribution in [3.05, 3.63) is 0 Å². The van der Waals surface area contributed by atoms with Crippen LogP contribution in [-0.4, -0.2) is 89.6 Å². The van der Waals surface area contributed by atoms with E-state index in [2.05, 4.69) is 0 Å². The Morgan fingerprint density at radius 3 is 0.294 bits per heavy atom. The standard InChI is InChI=1S/4BH3O3.H2S/c4*2-1(3)4;/h4*2-4H;1H2. The zero-order valence-electron chi connectivity index (χ0n) is 8.18. The third-order valence-electron chi connectivity index (χ3n) is 0. The molecule has 0 unspecified atom stereocenters. The molecule has 104 valence electrons. The number of hydrogen-bond donors (Lipinski definition) is 12. The molecule has 0 spiro atoms. The van der Waals surface area contributed by atoms with E-state index in [1.165, 1.54) is 0 Å². The quantitative estimate of drug-likeness (QED) is 0.185. The molecule has 12 N–H and O–H groups in total. The smallest absolute Gasteiger partial charge is 0.402 e. The summed E-state index contributed by atoms with van der Waals surface area (Å²) < 4.78 is 0. The molecule has 17 heavy (non-hydrogen) atoms. The van der Waals surface area contributed by atoms with E-state index in [4.69, 9.17) is 60.3 Å². The summed E-state index contributed by atoms with van der Waals surface area (Å²) in [4.78, 5) is 0. The maximum atomic E-state index is 7.17.